The molecule has 2 amide bonds. The van der Waals surface area contributed by atoms with Crippen molar-refractivity contribution in [1.82, 2.24) is 5.32 Å². The topological polar surface area (TPSA) is 114 Å². The Balaban J connectivity index is 1.87. The van der Waals surface area contributed by atoms with Crippen molar-refractivity contribution >= 4 is 23.5 Å². The van der Waals surface area contributed by atoms with E-state index in [1.165, 1.54) is 0 Å². The van der Waals surface area contributed by atoms with Crippen molar-refractivity contribution in [3.05, 3.63) is 54.1 Å². The molecule has 0 aliphatic carbocycles. The molecule has 28 heavy (non-hydrogen) atoms. The molecule has 0 saturated heterocycles. The van der Waals surface area contributed by atoms with Gasteiger partial charge in [0.25, 0.3) is 11.8 Å². The number of carbonyl (C=O) groups is 3. The molecule has 0 heterocycles. The number of hydrogen-bond donors (Lipinski definition) is 3. The lowest BCUT2D eigenvalue weighted by Gasteiger charge is -2.15. The van der Waals surface area contributed by atoms with Crippen LogP contribution in [0.2, 0.25) is 0 Å². The molecule has 8 nitrogen and oxygen atoms in total. The number of anilines is 1. The van der Waals surface area contributed by atoms with Gasteiger partial charge in [0.05, 0.1) is 13.5 Å². The Morgan fingerprint density at radius 2 is 1.61 bits per heavy atom. The van der Waals surface area contributed by atoms with Crippen LogP contribution in [0.4, 0.5) is 5.69 Å². The van der Waals surface area contributed by atoms with Crippen LogP contribution >= 0.6 is 0 Å². The first-order valence-electron chi connectivity index (χ1n) is 8.60. The monoisotopic (exact) mass is 386 g/mol. The summed E-state index contributed by atoms with van der Waals surface area (Å²) in [5, 5.41) is 13.8. The first-order valence-corrected chi connectivity index (χ1v) is 8.60. The summed E-state index contributed by atoms with van der Waals surface area (Å²) in [6.07, 6.45) is -0.876. The Hall–Kier alpha value is -3.55. The Morgan fingerprint density at radius 1 is 1.00 bits per heavy atom. The number of hydrogen-bond acceptors (Lipinski definition) is 5. The molecule has 2 aromatic rings. The molecule has 3 N–H and O–H groups in total. The van der Waals surface area contributed by atoms with E-state index in [0.29, 0.717) is 22.7 Å². The highest BCUT2D eigenvalue weighted by molar-refractivity contribution is 5.96. The van der Waals surface area contributed by atoms with Gasteiger partial charge in [-0.05, 0) is 55.5 Å². The average Bonchev–Trinajstić information content (AvgIpc) is 2.68. The molecule has 1 atom stereocenters. The number of nitrogens with one attached hydrogen (secondary N) is 2. The van der Waals surface area contributed by atoms with E-state index in [-0.39, 0.29) is 24.8 Å². The van der Waals surface area contributed by atoms with E-state index in [1.807, 2.05) is 0 Å². The van der Waals surface area contributed by atoms with Crippen LogP contribution in [0.15, 0.2) is 48.5 Å². The summed E-state index contributed by atoms with van der Waals surface area (Å²) in [6.45, 7) is 1.68. The second-order valence-corrected chi connectivity index (χ2v) is 5.90. The van der Waals surface area contributed by atoms with Crippen molar-refractivity contribution in [3.8, 4) is 11.5 Å². The summed E-state index contributed by atoms with van der Waals surface area (Å²) in [5.41, 5.74) is 0.878. The van der Waals surface area contributed by atoms with Gasteiger partial charge in [-0.3, -0.25) is 14.4 Å². The lowest BCUT2D eigenvalue weighted by atomic mass is 10.2. The molecule has 0 aliphatic rings. The number of methoxy groups -OCH3 is 1. The van der Waals surface area contributed by atoms with Crippen LogP contribution in [-0.2, 0) is 9.59 Å². The molecule has 0 aromatic heterocycles. The van der Waals surface area contributed by atoms with Crippen molar-refractivity contribution in [2.45, 2.75) is 19.4 Å². The van der Waals surface area contributed by atoms with Crippen LogP contribution in [0.25, 0.3) is 0 Å². The molecule has 8 heteroatoms. The number of ether oxygens (including phenoxy) is 2. The predicted molar refractivity (Wildman–Crippen MR) is 103 cm³/mol. The first kappa shape index (κ1) is 20.8. The van der Waals surface area contributed by atoms with E-state index in [2.05, 4.69) is 10.6 Å². The second-order valence-electron chi connectivity index (χ2n) is 5.90. The predicted octanol–water partition coefficient (Wildman–Crippen LogP) is 2.31. The number of carboxylic acid groups (broad SMARTS) is 1. The van der Waals surface area contributed by atoms with Crippen LogP contribution < -0.4 is 20.1 Å². The van der Waals surface area contributed by atoms with Gasteiger partial charge in [-0.2, -0.15) is 0 Å². The number of carbonyl (C=O) groups excluding carboxylic acids is 2. The average molecular weight is 386 g/mol. The summed E-state index contributed by atoms with van der Waals surface area (Å²) in [7, 11) is 1.57. The van der Waals surface area contributed by atoms with Crippen LogP contribution in [-0.4, -0.2) is 42.6 Å². The van der Waals surface area contributed by atoms with Gasteiger partial charge in [-0.25, -0.2) is 0 Å². The van der Waals surface area contributed by atoms with Crippen molar-refractivity contribution in [3.63, 3.8) is 0 Å². The van der Waals surface area contributed by atoms with Crippen LogP contribution in [0, 0.1) is 0 Å². The summed E-state index contributed by atoms with van der Waals surface area (Å²) < 4.78 is 10.7. The Morgan fingerprint density at radius 3 is 2.18 bits per heavy atom. The lowest BCUT2D eigenvalue weighted by molar-refractivity contribution is -0.136. The first-order chi connectivity index (χ1) is 13.4. The largest absolute Gasteiger partial charge is 0.497 e. The standard InChI is InChI=1S/C20H22N2O6/c1-13(28-17-9-7-16(27-2)8-10-17)19(25)22-15-5-3-14(4-6-15)20(26)21-12-11-18(23)24/h3-10,13H,11-12H2,1-2H3,(H,21,26)(H,22,25)(H,23,24). The highest BCUT2D eigenvalue weighted by Gasteiger charge is 2.15. The lowest BCUT2D eigenvalue weighted by Crippen LogP contribution is -2.30. The number of rotatable bonds is 9. The maximum atomic E-state index is 12.3. The number of amides is 2. The van der Waals surface area contributed by atoms with Crippen molar-refractivity contribution in [1.29, 1.82) is 0 Å². The molecule has 2 aromatic carbocycles. The number of benzene rings is 2. The smallest absolute Gasteiger partial charge is 0.305 e. The fourth-order valence-electron chi connectivity index (χ4n) is 2.25. The van der Waals surface area contributed by atoms with Crippen LogP contribution in [0.1, 0.15) is 23.7 Å². The maximum absolute atomic E-state index is 12.3. The zero-order valence-corrected chi connectivity index (χ0v) is 15.6. The van der Waals surface area contributed by atoms with Gasteiger partial charge >= 0.3 is 5.97 Å². The van der Waals surface area contributed by atoms with Gasteiger partial charge in [0.15, 0.2) is 6.10 Å². The van der Waals surface area contributed by atoms with Crippen LogP contribution in [0.5, 0.6) is 11.5 Å². The molecule has 0 saturated carbocycles. The Bertz CT molecular complexity index is 818. The van der Waals surface area contributed by atoms with Crippen molar-refractivity contribution < 1.29 is 29.0 Å². The minimum absolute atomic E-state index is 0.0485. The van der Waals surface area contributed by atoms with Gasteiger partial charge < -0.3 is 25.2 Å². The van der Waals surface area contributed by atoms with Gasteiger partial charge in [0, 0.05) is 17.8 Å². The van der Waals surface area contributed by atoms with E-state index in [0.717, 1.165) is 0 Å². The second kappa shape index (κ2) is 9.96. The quantitative estimate of drug-likeness (QED) is 0.609. The minimum Gasteiger partial charge on any atom is -0.497 e. The molecule has 148 valence electrons. The van der Waals surface area contributed by atoms with E-state index < -0.39 is 12.1 Å². The molecule has 0 spiro atoms. The van der Waals surface area contributed by atoms with Gasteiger partial charge in [0.1, 0.15) is 11.5 Å². The van der Waals surface area contributed by atoms with Gasteiger partial charge in [-0.1, -0.05) is 0 Å². The Labute approximate surface area is 162 Å². The molecule has 0 bridgehead atoms. The van der Waals surface area contributed by atoms with Crippen molar-refractivity contribution in [2.24, 2.45) is 0 Å². The van der Waals surface area contributed by atoms with E-state index in [1.54, 1.807) is 62.6 Å². The minimum atomic E-state index is -0.982. The molecule has 0 radical (unpaired) electrons. The fourth-order valence-corrected chi connectivity index (χ4v) is 2.25. The normalized spacial score (nSPS) is 11.2. The van der Waals surface area contributed by atoms with Crippen LogP contribution in [0.3, 0.4) is 0 Å². The summed E-state index contributed by atoms with van der Waals surface area (Å²) in [5.74, 6) is -0.470. The molecule has 2 rings (SSSR count). The van der Waals surface area contributed by atoms with E-state index in [9.17, 15) is 14.4 Å². The molecular formula is C20H22N2O6. The van der Waals surface area contributed by atoms with Gasteiger partial charge in [-0.15, -0.1) is 0 Å². The molecule has 0 aliphatic heterocycles. The SMILES string of the molecule is COc1ccc(OC(C)C(=O)Nc2ccc(C(=O)NCCC(=O)O)cc2)cc1. The van der Waals surface area contributed by atoms with Gasteiger partial charge in [0.2, 0.25) is 0 Å². The third kappa shape index (κ3) is 6.31. The third-order valence-electron chi connectivity index (χ3n) is 3.78. The highest BCUT2D eigenvalue weighted by atomic mass is 16.5. The molecule has 0 fully saturated rings. The van der Waals surface area contributed by atoms with E-state index >= 15 is 0 Å². The molecular weight excluding hydrogens is 364 g/mol. The maximum Gasteiger partial charge on any atom is 0.305 e. The fraction of sp³-hybridized carbons (Fsp3) is 0.250. The highest BCUT2D eigenvalue weighted by Crippen LogP contribution is 2.18. The summed E-state index contributed by atoms with van der Waals surface area (Å²) in [4.78, 5) is 34.6. The molecule has 1 unspecified atom stereocenters. The number of carboxylic acids is 1. The zero-order valence-electron chi connectivity index (χ0n) is 15.6. The third-order valence-corrected chi connectivity index (χ3v) is 3.78. The van der Waals surface area contributed by atoms with E-state index in [4.69, 9.17) is 14.6 Å². The number of aliphatic carboxylic acids is 1. The summed E-state index contributed by atoms with van der Waals surface area (Å²) >= 11 is 0. The Kier molecular flexibility index (Phi) is 7.38. The van der Waals surface area contributed by atoms with Crippen molar-refractivity contribution in [2.75, 3.05) is 19.0 Å². The zero-order chi connectivity index (χ0) is 20.5. The summed E-state index contributed by atoms with van der Waals surface area (Å²) in [6, 6.07) is 13.1.